The lowest BCUT2D eigenvalue weighted by atomic mass is 10.1. The Kier molecular flexibility index (Phi) is 4.95. The third-order valence-corrected chi connectivity index (χ3v) is 4.13. The van der Waals surface area contributed by atoms with Gasteiger partial charge in [0, 0.05) is 16.3 Å². The number of thiazole rings is 1. The van der Waals surface area contributed by atoms with Crippen LogP contribution in [-0.4, -0.2) is 4.98 Å². The summed E-state index contributed by atoms with van der Waals surface area (Å²) < 4.78 is 0. The average Bonchev–Trinajstić information content (AvgIpc) is 2.72. The van der Waals surface area contributed by atoms with Gasteiger partial charge >= 0.3 is 0 Å². The lowest BCUT2D eigenvalue weighted by Crippen LogP contribution is -1.91. The topological polar surface area (TPSA) is 36.7 Å². The van der Waals surface area contributed by atoms with Crippen molar-refractivity contribution in [3.63, 3.8) is 0 Å². The summed E-state index contributed by atoms with van der Waals surface area (Å²) in [6.07, 6.45) is 3.25. The van der Waals surface area contributed by atoms with Crippen molar-refractivity contribution < 1.29 is 0 Å². The Morgan fingerprint density at radius 1 is 1.42 bits per heavy atom. The largest absolute Gasteiger partial charge is 0.246 e. The molecule has 4 heteroatoms. The van der Waals surface area contributed by atoms with Crippen LogP contribution in [0, 0.1) is 11.3 Å². The maximum atomic E-state index is 8.86. The highest BCUT2D eigenvalue weighted by Crippen LogP contribution is 2.23. The van der Waals surface area contributed by atoms with E-state index < -0.39 is 0 Å². The fourth-order valence-electron chi connectivity index (χ4n) is 1.98. The Hall–Kier alpha value is -1.37. The molecule has 0 fully saturated rings. The summed E-state index contributed by atoms with van der Waals surface area (Å²) in [5.41, 5.74) is 2.25. The highest BCUT2D eigenvalue weighted by atomic mass is 35.5. The van der Waals surface area contributed by atoms with Crippen LogP contribution < -0.4 is 0 Å². The molecule has 0 amide bonds. The molecule has 0 saturated carbocycles. The maximum Gasteiger partial charge on any atom is 0.0975 e. The van der Waals surface area contributed by atoms with Crippen LogP contribution in [0.15, 0.2) is 24.3 Å². The summed E-state index contributed by atoms with van der Waals surface area (Å²) in [5, 5.41) is 10.7. The summed E-state index contributed by atoms with van der Waals surface area (Å²) in [7, 11) is 0. The SMILES string of the molecule is CCCc1nc(Cc2cccc(Cl)c2)sc1CC#N. The first-order chi connectivity index (χ1) is 9.22. The molecule has 0 bridgehead atoms. The predicted molar refractivity (Wildman–Crippen MR) is 79.7 cm³/mol. The second kappa shape index (κ2) is 6.70. The van der Waals surface area contributed by atoms with Crippen LogP contribution in [0.3, 0.4) is 0 Å². The van der Waals surface area contributed by atoms with Gasteiger partial charge < -0.3 is 0 Å². The van der Waals surface area contributed by atoms with Gasteiger partial charge in [0.15, 0.2) is 0 Å². The summed E-state index contributed by atoms with van der Waals surface area (Å²) in [5.74, 6) is 0. The van der Waals surface area contributed by atoms with Gasteiger partial charge in [-0.1, -0.05) is 37.1 Å². The van der Waals surface area contributed by atoms with Crippen molar-refractivity contribution in [2.24, 2.45) is 0 Å². The summed E-state index contributed by atoms with van der Waals surface area (Å²) in [6, 6.07) is 10.1. The number of aryl methyl sites for hydroxylation is 1. The number of aromatic nitrogens is 1. The lowest BCUT2D eigenvalue weighted by Gasteiger charge is -1.98. The van der Waals surface area contributed by atoms with Gasteiger partial charge in [0.2, 0.25) is 0 Å². The van der Waals surface area contributed by atoms with Crippen molar-refractivity contribution in [1.29, 1.82) is 5.26 Å². The average molecular weight is 291 g/mol. The van der Waals surface area contributed by atoms with Gasteiger partial charge in [0.25, 0.3) is 0 Å². The molecular weight excluding hydrogens is 276 g/mol. The molecule has 2 nitrogen and oxygen atoms in total. The van der Waals surface area contributed by atoms with E-state index in [0.717, 1.165) is 45.4 Å². The summed E-state index contributed by atoms with van der Waals surface area (Å²) in [6.45, 7) is 2.13. The Morgan fingerprint density at radius 2 is 2.26 bits per heavy atom. The first-order valence-electron chi connectivity index (χ1n) is 6.31. The number of nitrogens with zero attached hydrogens (tertiary/aromatic N) is 2. The Balaban J connectivity index is 2.21. The van der Waals surface area contributed by atoms with E-state index in [-0.39, 0.29) is 0 Å². The molecule has 0 spiro atoms. The number of nitriles is 1. The molecule has 0 N–H and O–H groups in total. The van der Waals surface area contributed by atoms with Crippen LogP contribution >= 0.6 is 22.9 Å². The normalized spacial score (nSPS) is 10.4. The molecule has 1 aromatic carbocycles. The van der Waals surface area contributed by atoms with Crippen molar-refractivity contribution >= 4 is 22.9 Å². The van der Waals surface area contributed by atoms with Crippen LogP contribution in [-0.2, 0) is 19.3 Å². The van der Waals surface area contributed by atoms with E-state index in [0.29, 0.717) is 6.42 Å². The van der Waals surface area contributed by atoms with Gasteiger partial charge in [-0.05, 0) is 24.1 Å². The standard InChI is InChI=1S/C15H15ClN2S/c1-2-4-13-14(7-8-17)19-15(18-13)10-11-5-3-6-12(16)9-11/h3,5-6,9H,2,4,7,10H2,1H3. The molecule has 0 aliphatic heterocycles. The van der Waals surface area contributed by atoms with Crippen LogP contribution in [0.4, 0.5) is 0 Å². The van der Waals surface area contributed by atoms with Crippen molar-refractivity contribution in [3.8, 4) is 6.07 Å². The molecule has 0 saturated heterocycles. The molecule has 98 valence electrons. The molecule has 19 heavy (non-hydrogen) atoms. The van der Waals surface area contributed by atoms with Gasteiger partial charge in [0.05, 0.1) is 23.2 Å². The van der Waals surface area contributed by atoms with Crippen molar-refractivity contribution in [3.05, 3.63) is 50.4 Å². The summed E-state index contributed by atoms with van der Waals surface area (Å²) >= 11 is 7.63. The summed E-state index contributed by atoms with van der Waals surface area (Å²) in [4.78, 5) is 5.78. The van der Waals surface area contributed by atoms with E-state index in [1.54, 1.807) is 11.3 Å². The van der Waals surface area contributed by atoms with E-state index in [1.165, 1.54) is 0 Å². The highest BCUT2D eigenvalue weighted by molar-refractivity contribution is 7.11. The first-order valence-corrected chi connectivity index (χ1v) is 7.51. The predicted octanol–water partition coefficient (Wildman–Crippen LogP) is 4.41. The minimum absolute atomic E-state index is 0.461. The minimum atomic E-state index is 0.461. The third-order valence-electron chi connectivity index (χ3n) is 2.79. The molecule has 0 radical (unpaired) electrons. The molecule has 1 heterocycles. The van der Waals surface area contributed by atoms with Gasteiger partial charge in [0.1, 0.15) is 0 Å². The number of halogens is 1. The van der Waals surface area contributed by atoms with Gasteiger partial charge in [-0.2, -0.15) is 5.26 Å². The smallest absolute Gasteiger partial charge is 0.0975 e. The van der Waals surface area contributed by atoms with Gasteiger partial charge in [-0.15, -0.1) is 11.3 Å². The Bertz CT molecular complexity index is 598. The molecule has 0 atom stereocenters. The third kappa shape index (κ3) is 3.79. The maximum absolute atomic E-state index is 8.86. The zero-order valence-corrected chi connectivity index (χ0v) is 12.4. The monoisotopic (exact) mass is 290 g/mol. The fourth-order valence-corrected chi connectivity index (χ4v) is 3.27. The van der Waals surface area contributed by atoms with Crippen LogP contribution in [0.2, 0.25) is 5.02 Å². The van der Waals surface area contributed by atoms with Gasteiger partial charge in [-0.3, -0.25) is 0 Å². The van der Waals surface area contributed by atoms with Gasteiger partial charge in [-0.25, -0.2) is 4.98 Å². The second-order valence-electron chi connectivity index (χ2n) is 4.37. The second-order valence-corrected chi connectivity index (χ2v) is 5.97. The van der Waals surface area contributed by atoms with E-state index >= 15 is 0 Å². The van der Waals surface area contributed by atoms with E-state index in [2.05, 4.69) is 24.0 Å². The van der Waals surface area contributed by atoms with Crippen molar-refractivity contribution in [2.45, 2.75) is 32.6 Å². The molecule has 0 aliphatic rings. The zero-order chi connectivity index (χ0) is 13.7. The van der Waals surface area contributed by atoms with Crippen LogP contribution in [0.5, 0.6) is 0 Å². The molecule has 1 aromatic heterocycles. The van der Waals surface area contributed by atoms with Crippen LogP contribution in [0.1, 0.15) is 34.5 Å². The quantitative estimate of drug-likeness (QED) is 0.818. The molecule has 0 unspecified atom stereocenters. The highest BCUT2D eigenvalue weighted by Gasteiger charge is 2.10. The number of hydrogen-bond donors (Lipinski definition) is 0. The molecular formula is C15H15ClN2S. The molecule has 2 rings (SSSR count). The Morgan fingerprint density at radius 3 is 2.95 bits per heavy atom. The molecule has 2 aromatic rings. The first kappa shape index (κ1) is 14.0. The van der Waals surface area contributed by atoms with E-state index in [4.69, 9.17) is 16.9 Å². The fraction of sp³-hybridized carbons (Fsp3) is 0.333. The van der Waals surface area contributed by atoms with Crippen molar-refractivity contribution in [1.82, 2.24) is 4.98 Å². The van der Waals surface area contributed by atoms with Crippen LogP contribution in [0.25, 0.3) is 0 Å². The Labute approximate surface area is 122 Å². The van der Waals surface area contributed by atoms with Crippen molar-refractivity contribution in [2.75, 3.05) is 0 Å². The van der Waals surface area contributed by atoms with E-state index in [9.17, 15) is 0 Å². The lowest BCUT2D eigenvalue weighted by molar-refractivity contribution is 0.872. The number of hydrogen-bond acceptors (Lipinski definition) is 3. The number of rotatable bonds is 5. The molecule has 0 aliphatic carbocycles. The minimum Gasteiger partial charge on any atom is -0.246 e. The van der Waals surface area contributed by atoms with E-state index in [1.807, 2.05) is 18.2 Å². The number of benzene rings is 1. The zero-order valence-electron chi connectivity index (χ0n) is 10.8.